The lowest BCUT2D eigenvalue weighted by atomic mass is 10.0. The minimum Gasteiger partial charge on any atom is -0.397 e. The van der Waals surface area contributed by atoms with Crippen molar-refractivity contribution in [3.8, 4) is 11.3 Å². The molecule has 5 aromatic rings. The molecule has 0 fully saturated rings. The van der Waals surface area contributed by atoms with Gasteiger partial charge in [-0.2, -0.15) is 0 Å². The highest BCUT2D eigenvalue weighted by atomic mass is 32.2. The second kappa shape index (κ2) is 15.7. The summed E-state index contributed by atoms with van der Waals surface area (Å²) in [5.74, 6) is -0.389. The Bertz CT molecular complexity index is 1990. The van der Waals surface area contributed by atoms with Crippen molar-refractivity contribution in [2.45, 2.75) is 45.8 Å². The molecule has 3 aromatic carbocycles. The lowest BCUT2D eigenvalue weighted by molar-refractivity contribution is 0.0862. The van der Waals surface area contributed by atoms with E-state index < -0.39 is 33.8 Å². The van der Waals surface area contributed by atoms with Crippen LogP contribution in [0.4, 0.5) is 23.0 Å². The third-order valence-electron chi connectivity index (χ3n) is 7.85. The number of hydrogen-bond acceptors (Lipinski definition) is 9. The SMILES string of the molecule is Cc1ccc(C(=O)N[C@@H](Cc2ccccc2)[C@@H](O)CS(=O)(=O)Nc2ccc(CC(C)C)cc2N)cc1Nc1nccc(-c2cccnc2)n1. The molecule has 2 aromatic heterocycles. The molecule has 0 bridgehead atoms. The fraction of sp³-hybridized carbons (Fsp3) is 0.243. The predicted molar refractivity (Wildman–Crippen MR) is 194 cm³/mol. The average Bonchev–Trinajstić information content (AvgIpc) is 3.07. The third kappa shape index (κ3) is 9.84. The van der Waals surface area contributed by atoms with E-state index in [1.54, 1.807) is 55.0 Å². The highest BCUT2D eigenvalue weighted by Crippen LogP contribution is 2.25. The highest BCUT2D eigenvalue weighted by molar-refractivity contribution is 7.92. The van der Waals surface area contributed by atoms with E-state index in [1.165, 1.54) is 0 Å². The summed E-state index contributed by atoms with van der Waals surface area (Å²) in [6, 6.07) is 24.1. The number of hydrogen-bond donors (Lipinski definition) is 5. The Labute approximate surface area is 287 Å². The van der Waals surface area contributed by atoms with Crippen LogP contribution in [0.25, 0.3) is 11.3 Å². The van der Waals surface area contributed by atoms with Gasteiger partial charge in [0.15, 0.2) is 0 Å². The van der Waals surface area contributed by atoms with Gasteiger partial charge in [-0.15, -0.1) is 0 Å². The molecule has 0 spiro atoms. The van der Waals surface area contributed by atoms with Crippen LogP contribution in [0.15, 0.2) is 104 Å². The van der Waals surface area contributed by atoms with Crippen molar-refractivity contribution < 1.29 is 18.3 Å². The van der Waals surface area contributed by atoms with Crippen LogP contribution < -0.4 is 21.1 Å². The molecule has 2 heterocycles. The number of rotatable bonds is 14. The van der Waals surface area contributed by atoms with Crippen molar-refractivity contribution in [2.75, 3.05) is 21.5 Å². The first-order chi connectivity index (χ1) is 23.5. The van der Waals surface area contributed by atoms with Crippen molar-refractivity contribution in [1.82, 2.24) is 20.3 Å². The fourth-order valence-corrected chi connectivity index (χ4v) is 6.66. The highest BCUT2D eigenvalue weighted by Gasteiger charge is 2.28. The zero-order valence-corrected chi connectivity index (χ0v) is 28.5. The molecule has 2 atom stereocenters. The van der Waals surface area contributed by atoms with Gasteiger partial charge in [-0.05, 0) is 84.8 Å². The first kappa shape index (κ1) is 35.0. The second-order valence-electron chi connectivity index (χ2n) is 12.4. The van der Waals surface area contributed by atoms with Crippen molar-refractivity contribution in [3.05, 3.63) is 126 Å². The fourth-order valence-electron chi connectivity index (χ4n) is 5.37. The Kier molecular flexibility index (Phi) is 11.2. The number of benzene rings is 3. The monoisotopic (exact) mass is 679 g/mol. The molecule has 1 amide bonds. The summed E-state index contributed by atoms with van der Waals surface area (Å²) in [5, 5.41) is 17.4. The topological polar surface area (TPSA) is 172 Å². The zero-order valence-electron chi connectivity index (χ0n) is 27.7. The van der Waals surface area contributed by atoms with Crippen LogP contribution in [0.2, 0.25) is 0 Å². The van der Waals surface area contributed by atoms with E-state index in [0.29, 0.717) is 34.5 Å². The van der Waals surface area contributed by atoms with Crippen LogP contribution >= 0.6 is 0 Å². The molecule has 12 heteroatoms. The molecule has 0 aliphatic heterocycles. The number of aliphatic hydroxyl groups is 1. The molecule has 0 saturated heterocycles. The van der Waals surface area contributed by atoms with Gasteiger partial charge in [0.25, 0.3) is 5.91 Å². The molecule has 49 heavy (non-hydrogen) atoms. The minimum atomic E-state index is -4.06. The van der Waals surface area contributed by atoms with E-state index in [-0.39, 0.29) is 12.1 Å². The summed E-state index contributed by atoms with van der Waals surface area (Å²) in [5.41, 5.74) is 11.8. The number of carbonyl (C=O) groups excluding carboxylic acids is 1. The molecule has 0 aliphatic rings. The van der Waals surface area contributed by atoms with Crippen LogP contribution in [0.1, 0.15) is 40.9 Å². The molecule has 0 radical (unpaired) electrons. The van der Waals surface area contributed by atoms with Gasteiger partial charge in [0.1, 0.15) is 0 Å². The Balaban J connectivity index is 1.32. The number of aliphatic hydroxyl groups excluding tert-OH is 1. The number of nitrogen functional groups attached to an aromatic ring is 1. The Hall–Kier alpha value is -5.33. The van der Waals surface area contributed by atoms with Crippen molar-refractivity contribution >= 4 is 38.9 Å². The normalized spacial score (nSPS) is 12.7. The Morgan fingerprint density at radius 3 is 2.41 bits per heavy atom. The molecule has 11 nitrogen and oxygen atoms in total. The smallest absolute Gasteiger partial charge is 0.251 e. The maximum Gasteiger partial charge on any atom is 0.251 e. The van der Waals surface area contributed by atoms with Crippen LogP contribution in [0.3, 0.4) is 0 Å². The molecule has 0 unspecified atom stereocenters. The standard InChI is InChI=1S/C37H41N7O4S/c1-24(2)18-27-12-14-32(30(38)19-27)44-49(47,48)23-35(45)34(20-26-8-5-4-6-9-26)41-36(46)28-13-11-25(3)33(21-28)43-37-40-17-15-31(42-37)29-10-7-16-39-22-29/h4-17,19,21-22,24,34-35,44-45H,18,20,23,38H2,1-3H3,(H,41,46)(H,40,42,43)/t34-,35-/m0/s1. The minimum absolute atomic E-state index is 0.196. The molecule has 6 N–H and O–H groups in total. The third-order valence-corrected chi connectivity index (χ3v) is 9.17. The predicted octanol–water partition coefficient (Wildman–Crippen LogP) is 5.52. The molecule has 5 rings (SSSR count). The number of nitrogens with zero attached hydrogens (tertiary/aromatic N) is 3. The van der Waals surface area contributed by atoms with Gasteiger partial charge in [0.05, 0.1) is 35.0 Å². The van der Waals surface area contributed by atoms with Gasteiger partial charge in [-0.3, -0.25) is 14.5 Å². The van der Waals surface area contributed by atoms with Gasteiger partial charge in [0, 0.05) is 35.4 Å². The van der Waals surface area contributed by atoms with Gasteiger partial charge >= 0.3 is 0 Å². The number of aromatic nitrogens is 3. The number of anilines is 4. The van der Waals surface area contributed by atoms with E-state index in [1.807, 2.05) is 55.5 Å². The second-order valence-corrected chi connectivity index (χ2v) is 14.2. The summed E-state index contributed by atoms with van der Waals surface area (Å²) >= 11 is 0. The van der Waals surface area contributed by atoms with Crippen LogP contribution in [0, 0.1) is 12.8 Å². The van der Waals surface area contributed by atoms with E-state index >= 15 is 0 Å². The maximum absolute atomic E-state index is 13.6. The Morgan fingerprint density at radius 2 is 1.69 bits per heavy atom. The van der Waals surface area contributed by atoms with E-state index in [9.17, 15) is 18.3 Å². The number of nitrogens with one attached hydrogen (secondary N) is 3. The first-order valence-electron chi connectivity index (χ1n) is 16.0. The van der Waals surface area contributed by atoms with Crippen molar-refractivity contribution in [3.63, 3.8) is 0 Å². The summed E-state index contributed by atoms with van der Waals surface area (Å²) in [7, 11) is -4.06. The molecular formula is C37H41N7O4S. The lowest BCUT2D eigenvalue weighted by Gasteiger charge is -2.25. The molecule has 0 saturated carbocycles. The quantitative estimate of drug-likeness (QED) is 0.0949. The van der Waals surface area contributed by atoms with E-state index in [4.69, 9.17) is 5.73 Å². The molecular weight excluding hydrogens is 639 g/mol. The van der Waals surface area contributed by atoms with Crippen LogP contribution in [-0.4, -0.2) is 52.3 Å². The van der Waals surface area contributed by atoms with Crippen LogP contribution in [0.5, 0.6) is 0 Å². The van der Waals surface area contributed by atoms with Gasteiger partial charge in [-0.25, -0.2) is 18.4 Å². The van der Waals surface area contributed by atoms with E-state index in [0.717, 1.165) is 28.7 Å². The summed E-state index contributed by atoms with van der Waals surface area (Å²) in [6.07, 6.45) is 4.59. The Morgan fingerprint density at radius 1 is 0.898 bits per heavy atom. The van der Waals surface area contributed by atoms with Crippen molar-refractivity contribution in [1.29, 1.82) is 0 Å². The number of carbonyl (C=O) groups is 1. The number of sulfonamides is 1. The number of pyridine rings is 1. The largest absolute Gasteiger partial charge is 0.397 e. The number of aryl methyl sites for hydroxylation is 1. The number of amides is 1. The van der Waals surface area contributed by atoms with Gasteiger partial charge < -0.3 is 21.5 Å². The van der Waals surface area contributed by atoms with Gasteiger partial charge in [0.2, 0.25) is 16.0 Å². The van der Waals surface area contributed by atoms with Gasteiger partial charge in [-0.1, -0.05) is 56.3 Å². The van der Waals surface area contributed by atoms with E-state index in [2.05, 4.69) is 44.2 Å². The molecule has 0 aliphatic carbocycles. The summed E-state index contributed by atoms with van der Waals surface area (Å²) in [4.78, 5) is 26.7. The molecule has 254 valence electrons. The van der Waals surface area contributed by atoms with Crippen LogP contribution in [-0.2, 0) is 22.9 Å². The lowest BCUT2D eigenvalue weighted by Crippen LogP contribution is -2.48. The zero-order chi connectivity index (χ0) is 35.0. The summed E-state index contributed by atoms with van der Waals surface area (Å²) < 4.78 is 29.0. The van der Waals surface area contributed by atoms with Crippen molar-refractivity contribution in [2.24, 2.45) is 5.92 Å². The average molecular weight is 680 g/mol. The summed E-state index contributed by atoms with van der Waals surface area (Å²) in [6.45, 7) is 6.07. The maximum atomic E-state index is 13.6. The first-order valence-corrected chi connectivity index (χ1v) is 17.6. The number of nitrogens with two attached hydrogens (primary N) is 1.